The highest BCUT2D eigenvalue weighted by molar-refractivity contribution is 7.20. The molecular weight excluding hydrogens is 226 g/mol. The number of aromatic nitrogens is 1. The molecule has 0 aliphatic rings. The first-order chi connectivity index (χ1) is 8.35. The van der Waals surface area contributed by atoms with E-state index < -0.39 is 0 Å². The van der Waals surface area contributed by atoms with Crippen LogP contribution in [0.2, 0.25) is 0 Å². The van der Waals surface area contributed by atoms with Crippen molar-refractivity contribution < 1.29 is 0 Å². The summed E-state index contributed by atoms with van der Waals surface area (Å²) >= 11 is 1.77. The molecule has 0 aliphatic carbocycles. The molecular formula is C15H15NS. The largest absolute Gasteiger partial charge is 0.263 e. The van der Waals surface area contributed by atoms with Crippen LogP contribution < -0.4 is 0 Å². The number of pyridine rings is 1. The number of fused-ring (bicyclic) bond motifs is 1. The highest BCUT2D eigenvalue weighted by Gasteiger charge is 2.03. The van der Waals surface area contributed by atoms with Gasteiger partial charge in [-0.05, 0) is 29.5 Å². The Morgan fingerprint density at radius 1 is 1.53 bits per heavy atom. The van der Waals surface area contributed by atoms with Gasteiger partial charge in [-0.15, -0.1) is 11.3 Å². The SMILES string of the molecule is C=C/C=C(\C=C/CC)c1cc2ccncc2s1. The lowest BCUT2D eigenvalue weighted by atomic mass is 10.1. The lowest BCUT2D eigenvalue weighted by Gasteiger charge is -1.95. The average molecular weight is 241 g/mol. The molecule has 0 fully saturated rings. The van der Waals surface area contributed by atoms with E-state index in [1.807, 2.05) is 30.6 Å². The molecule has 0 amide bonds. The molecule has 0 unspecified atom stereocenters. The molecule has 1 nitrogen and oxygen atoms in total. The van der Waals surface area contributed by atoms with Crippen LogP contribution in [0.25, 0.3) is 15.7 Å². The first-order valence-electron chi connectivity index (χ1n) is 5.68. The van der Waals surface area contributed by atoms with Gasteiger partial charge in [0.2, 0.25) is 0 Å². The zero-order chi connectivity index (χ0) is 12.1. The Morgan fingerprint density at radius 2 is 2.41 bits per heavy atom. The standard InChI is InChI=1S/C15H15NS/c1-3-5-7-12(6-4-2)14-10-13-8-9-16-11-15(13)17-14/h4-11H,2-3H2,1H3/b7-5-,12-6+. The maximum Gasteiger partial charge on any atom is 0.0532 e. The third-order valence-corrected chi connectivity index (χ3v) is 3.57. The minimum atomic E-state index is 1.04. The molecule has 0 saturated heterocycles. The van der Waals surface area contributed by atoms with E-state index in [4.69, 9.17) is 0 Å². The summed E-state index contributed by atoms with van der Waals surface area (Å²) in [5.74, 6) is 0. The molecule has 0 bridgehead atoms. The van der Waals surface area contributed by atoms with Crippen molar-refractivity contribution in [2.75, 3.05) is 0 Å². The molecule has 0 spiro atoms. The maximum absolute atomic E-state index is 4.15. The Labute approximate surface area is 106 Å². The maximum atomic E-state index is 4.15. The summed E-state index contributed by atoms with van der Waals surface area (Å²) in [6.07, 6.45) is 13.0. The minimum absolute atomic E-state index is 1.04. The van der Waals surface area contributed by atoms with Crippen LogP contribution in [0.1, 0.15) is 18.2 Å². The number of rotatable bonds is 4. The summed E-state index contributed by atoms with van der Waals surface area (Å²) in [5, 5.41) is 1.25. The van der Waals surface area contributed by atoms with E-state index in [0.29, 0.717) is 0 Å². The second-order valence-electron chi connectivity index (χ2n) is 3.69. The second-order valence-corrected chi connectivity index (χ2v) is 4.78. The number of hydrogen-bond acceptors (Lipinski definition) is 2. The Kier molecular flexibility index (Phi) is 3.89. The van der Waals surface area contributed by atoms with Crippen molar-refractivity contribution >= 4 is 27.0 Å². The fourth-order valence-electron chi connectivity index (χ4n) is 1.62. The van der Waals surface area contributed by atoms with Crippen molar-refractivity contribution in [2.45, 2.75) is 13.3 Å². The van der Waals surface area contributed by atoms with Crippen LogP contribution in [0.4, 0.5) is 0 Å². The van der Waals surface area contributed by atoms with Crippen LogP contribution in [0.5, 0.6) is 0 Å². The van der Waals surface area contributed by atoms with Crippen LogP contribution in [-0.2, 0) is 0 Å². The van der Waals surface area contributed by atoms with Gasteiger partial charge in [-0.1, -0.05) is 37.8 Å². The van der Waals surface area contributed by atoms with E-state index in [2.05, 4.69) is 36.7 Å². The topological polar surface area (TPSA) is 12.9 Å². The number of allylic oxidation sites excluding steroid dienone is 5. The van der Waals surface area contributed by atoms with Crippen molar-refractivity contribution in [1.29, 1.82) is 0 Å². The van der Waals surface area contributed by atoms with Gasteiger partial charge in [-0.25, -0.2) is 0 Å². The van der Waals surface area contributed by atoms with Crippen LogP contribution in [0, 0.1) is 0 Å². The molecule has 2 aromatic heterocycles. The van der Waals surface area contributed by atoms with Crippen molar-refractivity contribution in [3.05, 3.63) is 60.3 Å². The quantitative estimate of drug-likeness (QED) is 0.698. The van der Waals surface area contributed by atoms with Crippen molar-refractivity contribution in [3.8, 4) is 0 Å². The number of thiophene rings is 1. The average Bonchev–Trinajstić information content (AvgIpc) is 2.78. The molecule has 0 saturated carbocycles. The van der Waals surface area contributed by atoms with Gasteiger partial charge >= 0.3 is 0 Å². The molecule has 17 heavy (non-hydrogen) atoms. The van der Waals surface area contributed by atoms with Gasteiger partial charge in [0, 0.05) is 17.3 Å². The van der Waals surface area contributed by atoms with Gasteiger partial charge in [0.05, 0.1) is 4.70 Å². The van der Waals surface area contributed by atoms with E-state index >= 15 is 0 Å². The number of hydrogen-bond donors (Lipinski definition) is 0. The van der Waals surface area contributed by atoms with E-state index in [9.17, 15) is 0 Å². The van der Waals surface area contributed by atoms with Crippen molar-refractivity contribution in [2.24, 2.45) is 0 Å². The smallest absolute Gasteiger partial charge is 0.0532 e. The zero-order valence-electron chi connectivity index (χ0n) is 9.89. The van der Waals surface area contributed by atoms with Crippen LogP contribution >= 0.6 is 11.3 Å². The first kappa shape index (κ1) is 11.8. The van der Waals surface area contributed by atoms with Crippen molar-refractivity contribution in [1.82, 2.24) is 4.98 Å². The van der Waals surface area contributed by atoms with Crippen LogP contribution in [0.15, 0.2) is 55.4 Å². The Morgan fingerprint density at radius 3 is 3.12 bits per heavy atom. The second kappa shape index (κ2) is 5.60. The Hall–Kier alpha value is -1.67. The third kappa shape index (κ3) is 2.71. The summed E-state index contributed by atoms with van der Waals surface area (Å²) in [6, 6.07) is 4.25. The molecule has 0 aliphatic heterocycles. The molecule has 0 aromatic carbocycles. The summed E-state index contributed by atoms with van der Waals surface area (Å²) in [5.41, 5.74) is 1.21. The Balaban J connectivity index is 2.45. The molecule has 2 heteroatoms. The highest BCUT2D eigenvalue weighted by Crippen LogP contribution is 2.30. The summed E-state index contributed by atoms with van der Waals surface area (Å²) in [6.45, 7) is 5.91. The highest BCUT2D eigenvalue weighted by atomic mass is 32.1. The third-order valence-electron chi connectivity index (χ3n) is 2.44. The van der Waals surface area contributed by atoms with Gasteiger partial charge in [0.25, 0.3) is 0 Å². The lowest BCUT2D eigenvalue weighted by Crippen LogP contribution is -1.72. The first-order valence-corrected chi connectivity index (χ1v) is 6.50. The van der Waals surface area contributed by atoms with Gasteiger partial charge in [-0.3, -0.25) is 4.98 Å². The lowest BCUT2D eigenvalue weighted by molar-refractivity contribution is 1.23. The van der Waals surface area contributed by atoms with Gasteiger partial charge in [0.1, 0.15) is 0 Å². The van der Waals surface area contributed by atoms with E-state index in [1.165, 1.54) is 20.5 Å². The predicted octanol–water partition coefficient (Wildman–Crippen LogP) is 4.83. The molecule has 86 valence electrons. The number of nitrogens with zero attached hydrogens (tertiary/aromatic N) is 1. The zero-order valence-corrected chi connectivity index (χ0v) is 10.7. The normalized spacial score (nSPS) is 12.4. The Bertz CT molecular complexity index is 542. The van der Waals surface area contributed by atoms with E-state index in [1.54, 1.807) is 11.3 Å². The van der Waals surface area contributed by atoms with E-state index in [0.717, 1.165) is 6.42 Å². The molecule has 2 heterocycles. The fraction of sp³-hybridized carbons (Fsp3) is 0.133. The van der Waals surface area contributed by atoms with E-state index in [-0.39, 0.29) is 0 Å². The molecule has 2 rings (SSSR count). The summed E-state index contributed by atoms with van der Waals surface area (Å²) < 4.78 is 1.22. The predicted molar refractivity (Wildman–Crippen MR) is 77.2 cm³/mol. The van der Waals surface area contributed by atoms with Gasteiger partial charge in [-0.2, -0.15) is 0 Å². The molecule has 0 atom stereocenters. The molecule has 0 N–H and O–H groups in total. The summed E-state index contributed by atoms with van der Waals surface area (Å²) in [7, 11) is 0. The van der Waals surface area contributed by atoms with Crippen LogP contribution in [0.3, 0.4) is 0 Å². The molecule has 2 aromatic rings. The molecule has 0 radical (unpaired) electrons. The van der Waals surface area contributed by atoms with Gasteiger partial charge < -0.3 is 0 Å². The van der Waals surface area contributed by atoms with Gasteiger partial charge in [0.15, 0.2) is 0 Å². The minimum Gasteiger partial charge on any atom is -0.263 e. The van der Waals surface area contributed by atoms with Crippen molar-refractivity contribution in [3.63, 3.8) is 0 Å². The monoisotopic (exact) mass is 241 g/mol. The summed E-state index contributed by atoms with van der Waals surface area (Å²) in [4.78, 5) is 5.41. The van der Waals surface area contributed by atoms with Crippen LogP contribution in [-0.4, -0.2) is 4.98 Å². The fourth-order valence-corrected chi connectivity index (χ4v) is 2.65.